The highest BCUT2D eigenvalue weighted by molar-refractivity contribution is 6.00. The van der Waals surface area contributed by atoms with E-state index in [1.165, 1.54) is 0 Å². The van der Waals surface area contributed by atoms with Crippen LogP contribution in [0.3, 0.4) is 0 Å². The lowest BCUT2D eigenvalue weighted by molar-refractivity contribution is -0.126. The maximum Gasteiger partial charge on any atom is 0.227 e. The van der Waals surface area contributed by atoms with Crippen LogP contribution in [0.2, 0.25) is 0 Å². The molecule has 0 aromatic heterocycles. The van der Waals surface area contributed by atoms with Gasteiger partial charge in [0.05, 0.1) is 5.92 Å². The monoisotopic (exact) mass is 353 g/mol. The summed E-state index contributed by atoms with van der Waals surface area (Å²) in [7, 11) is 0. The fourth-order valence-corrected chi connectivity index (χ4v) is 2.96. The SMILES string of the molecule is CCN[C@H](C)CNC(=O)C1CC(=O)N(c2cccc(C)c2C)C1.Cl. The Morgan fingerprint density at radius 3 is 2.75 bits per heavy atom. The summed E-state index contributed by atoms with van der Waals surface area (Å²) >= 11 is 0. The molecule has 1 unspecified atom stereocenters. The molecule has 2 rings (SSSR count). The van der Waals surface area contributed by atoms with Gasteiger partial charge in [-0.1, -0.05) is 19.1 Å². The Balaban J connectivity index is 0.00000288. The first-order valence-corrected chi connectivity index (χ1v) is 8.31. The number of nitrogens with zero attached hydrogens (tertiary/aromatic N) is 1. The zero-order valence-corrected chi connectivity index (χ0v) is 15.7. The van der Waals surface area contributed by atoms with Crippen molar-refractivity contribution in [1.29, 1.82) is 0 Å². The van der Waals surface area contributed by atoms with Crippen LogP contribution in [-0.4, -0.2) is 37.5 Å². The van der Waals surface area contributed by atoms with Gasteiger partial charge < -0.3 is 15.5 Å². The molecule has 1 heterocycles. The lowest BCUT2D eigenvalue weighted by atomic mass is 10.1. The summed E-state index contributed by atoms with van der Waals surface area (Å²) < 4.78 is 0. The van der Waals surface area contributed by atoms with Gasteiger partial charge in [-0.2, -0.15) is 0 Å². The molecule has 1 aliphatic heterocycles. The van der Waals surface area contributed by atoms with Crippen LogP contribution in [-0.2, 0) is 9.59 Å². The van der Waals surface area contributed by atoms with Crippen molar-refractivity contribution in [2.24, 2.45) is 5.92 Å². The van der Waals surface area contributed by atoms with Crippen molar-refractivity contribution in [2.75, 3.05) is 24.5 Å². The number of nitrogens with one attached hydrogen (secondary N) is 2. The predicted molar refractivity (Wildman–Crippen MR) is 99.8 cm³/mol. The Morgan fingerprint density at radius 2 is 2.08 bits per heavy atom. The molecule has 0 spiro atoms. The average molecular weight is 354 g/mol. The fourth-order valence-electron chi connectivity index (χ4n) is 2.96. The van der Waals surface area contributed by atoms with Gasteiger partial charge in [-0.15, -0.1) is 12.4 Å². The Bertz CT molecular complexity index is 592. The Kier molecular flexibility index (Phi) is 7.70. The number of carbonyl (C=O) groups is 2. The number of hydrogen-bond acceptors (Lipinski definition) is 3. The lowest BCUT2D eigenvalue weighted by Crippen LogP contribution is -2.41. The summed E-state index contributed by atoms with van der Waals surface area (Å²) in [4.78, 5) is 26.4. The molecule has 2 amide bonds. The average Bonchev–Trinajstić information content (AvgIpc) is 2.90. The van der Waals surface area contributed by atoms with Crippen molar-refractivity contribution >= 4 is 29.9 Å². The third-order valence-electron chi connectivity index (χ3n) is 4.50. The second-order valence-corrected chi connectivity index (χ2v) is 6.33. The summed E-state index contributed by atoms with van der Waals surface area (Å²) in [6, 6.07) is 6.17. The molecule has 2 N–H and O–H groups in total. The molecule has 2 atom stereocenters. The highest BCUT2D eigenvalue weighted by Crippen LogP contribution is 2.29. The van der Waals surface area contributed by atoms with Crippen molar-refractivity contribution in [3.8, 4) is 0 Å². The minimum absolute atomic E-state index is 0. The molecule has 0 saturated carbocycles. The third kappa shape index (κ3) is 4.71. The van der Waals surface area contributed by atoms with E-state index in [0.29, 0.717) is 13.1 Å². The molecule has 6 heteroatoms. The molecular formula is C18H28ClN3O2. The third-order valence-corrected chi connectivity index (χ3v) is 4.50. The number of rotatable bonds is 6. The quantitative estimate of drug-likeness (QED) is 0.824. The van der Waals surface area contributed by atoms with Gasteiger partial charge >= 0.3 is 0 Å². The van der Waals surface area contributed by atoms with Crippen LogP contribution in [0.1, 0.15) is 31.4 Å². The van der Waals surface area contributed by atoms with E-state index in [1.54, 1.807) is 4.90 Å². The number of amides is 2. The molecule has 134 valence electrons. The first-order valence-electron chi connectivity index (χ1n) is 8.31. The fraction of sp³-hybridized carbons (Fsp3) is 0.556. The van der Waals surface area contributed by atoms with E-state index < -0.39 is 0 Å². The summed E-state index contributed by atoms with van der Waals surface area (Å²) in [5.41, 5.74) is 3.18. The number of aryl methyl sites for hydroxylation is 1. The van der Waals surface area contributed by atoms with Crippen LogP contribution in [0.25, 0.3) is 0 Å². The van der Waals surface area contributed by atoms with Gasteiger partial charge in [0.25, 0.3) is 0 Å². The molecule has 5 nitrogen and oxygen atoms in total. The summed E-state index contributed by atoms with van der Waals surface area (Å²) in [5.74, 6) is -0.272. The Labute approximate surface area is 150 Å². The molecular weight excluding hydrogens is 326 g/mol. The molecule has 24 heavy (non-hydrogen) atoms. The maximum atomic E-state index is 12.3. The van der Waals surface area contributed by atoms with Crippen molar-refractivity contribution in [2.45, 2.75) is 40.2 Å². The number of benzene rings is 1. The van der Waals surface area contributed by atoms with Crippen LogP contribution >= 0.6 is 12.4 Å². The molecule has 1 aromatic carbocycles. The largest absolute Gasteiger partial charge is 0.354 e. The first kappa shape index (κ1) is 20.5. The van der Waals surface area contributed by atoms with Gasteiger partial charge in [-0.3, -0.25) is 9.59 Å². The number of carbonyl (C=O) groups excluding carboxylic acids is 2. The molecule has 1 aliphatic rings. The zero-order valence-electron chi connectivity index (χ0n) is 14.9. The normalized spacial score (nSPS) is 18.2. The van der Waals surface area contributed by atoms with Crippen LogP contribution in [0.5, 0.6) is 0 Å². The highest BCUT2D eigenvalue weighted by atomic mass is 35.5. The van der Waals surface area contributed by atoms with E-state index in [0.717, 1.165) is 23.4 Å². The summed E-state index contributed by atoms with van der Waals surface area (Å²) in [6.45, 7) is 10.0. The van der Waals surface area contributed by atoms with Gasteiger partial charge in [0.15, 0.2) is 0 Å². The first-order chi connectivity index (χ1) is 10.9. The van der Waals surface area contributed by atoms with Gasteiger partial charge in [0.1, 0.15) is 0 Å². The van der Waals surface area contributed by atoms with E-state index in [1.807, 2.05) is 45.9 Å². The summed E-state index contributed by atoms with van der Waals surface area (Å²) in [5, 5.41) is 6.20. The number of halogens is 1. The Morgan fingerprint density at radius 1 is 1.38 bits per heavy atom. The van der Waals surface area contributed by atoms with Crippen LogP contribution in [0.4, 0.5) is 5.69 Å². The van der Waals surface area contributed by atoms with Crippen molar-refractivity contribution in [1.82, 2.24) is 10.6 Å². The van der Waals surface area contributed by atoms with E-state index in [-0.39, 0.29) is 42.6 Å². The minimum atomic E-state index is -0.267. The number of anilines is 1. The maximum absolute atomic E-state index is 12.3. The van der Waals surface area contributed by atoms with Gasteiger partial charge in [0.2, 0.25) is 11.8 Å². The Hall–Kier alpha value is -1.59. The van der Waals surface area contributed by atoms with Crippen molar-refractivity contribution in [3.63, 3.8) is 0 Å². The second kappa shape index (κ2) is 9.04. The second-order valence-electron chi connectivity index (χ2n) is 6.33. The van der Waals surface area contributed by atoms with Gasteiger partial charge in [-0.25, -0.2) is 0 Å². The minimum Gasteiger partial charge on any atom is -0.354 e. The van der Waals surface area contributed by atoms with Crippen molar-refractivity contribution < 1.29 is 9.59 Å². The standard InChI is InChI=1S/C18H27N3O2.ClH/c1-5-19-13(3)10-20-18(23)15-9-17(22)21(11-15)16-8-6-7-12(2)14(16)4;/h6-8,13,15,19H,5,9-11H2,1-4H3,(H,20,23);1H/t13-,15?;/m1./s1. The van der Waals surface area contributed by atoms with E-state index in [9.17, 15) is 9.59 Å². The highest BCUT2D eigenvalue weighted by Gasteiger charge is 2.35. The van der Waals surface area contributed by atoms with Crippen LogP contribution in [0.15, 0.2) is 18.2 Å². The molecule has 0 radical (unpaired) electrons. The topological polar surface area (TPSA) is 61.4 Å². The molecule has 1 aromatic rings. The van der Waals surface area contributed by atoms with E-state index in [2.05, 4.69) is 10.6 Å². The lowest BCUT2D eigenvalue weighted by Gasteiger charge is -2.20. The van der Waals surface area contributed by atoms with Crippen LogP contribution < -0.4 is 15.5 Å². The molecule has 1 fully saturated rings. The summed E-state index contributed by atoms with van der Waals surface area (Å²) in [6.07, 6.45) is 0.287. The molecule has 0 aliphatic carbocycles. The predicted octanol–water partition coefficient (Wildman–Crippen LogP) is 2.19. The smallest absolute Gasteiger partial charge is 0.227 e. The number of likely N-dealkylation sites (N-methyl/N-ethyl adjacent to an activating group) is 1. The van der Waals surface area contributed by atoms with E-state index in [4.69, 9.17) is 0 Å². The van der Waals surface area contributed by atoms with Crippen LogP contribution in [0, 0.1) is 19.8 Å². The van der Waals surface area contributed by atoms with Gasteiger partial charge in [0, 0.05) is 31.2 Å². The molecule has 1 saturated heterocycles. The van der Waals surface area contributed by atoms with Gasteiger partial charge in [-0.05, 0) is 44.5 Å². The number of hydrogen-bond donors (Lipinski definition) is 2. The molecule has 0 bridgehead atoms. The zero-order chi connectivity index (χ0) is 17.0. The van der Waals surface area contributed by atoms with E-state index >= 15 is 0 Å². The van der Waals surface area contributed by atoms with Crippen molar-refractivity contribution in [3.05, 3.63) is 29.3 Å².